The van der Waals surface area contributed by atoms with Crippen LogP contribution in [-0.2, 0) is 4.74 Å². The molecule has 3 nitrogen and oxygen atoms in total. The minimum absolute atomic E-state index is 0.294. The highest BCUT2D eigenvalue weighted by molar-refractivity contribution is 9.10. The van der Waals surface area contributed by atoms with E-state index in [-0.39, 0.29) is 0 Å². The second-order valence-corrected chi connectivity index (χ2v) is 5.66. The average molecular weight is 314 g/mol. The molecule has 0 aliphatic carbocycles. The standard InChI is InChI=1S/C14H20BrNO2/c1-10(2)17-8-6-16-13-5-7-18-14-4-3-11(15)9-12(13)14/h3-4,9-10,13,16H,5-8H2,1-2H3. The van der Waals surface area contributed by atoms with Gasteiger partial charge >= 0.3 is 0 Å². The van der Waals surface area contributed by atoms with Crippen LogP contribution in [0, 0.1) is 0 Å². The van der Waals surface area contributed by atoms with E-state index in [1.807, 2.05) is 12.1 Å². The van der Waals surface area contributed by atoms with Gasteiger partial charge in [-0.25, -0.2) is 0 Å². The smallest absolute Gasteiger partial charge is 0.124 e. The maximum Gasteiger partial charge on any atom is 0.124 e. The molecule has 1 atom stereocenters. The number of nitrogens with one attached hydrogen (secondary N) is 1. The van der Waals surface area contributed by atoms with Crippen molar-refractivity contribution in [2.75, 3.05) is 19.8 Å². The molecular weight excluding hydrogens is 294 g/mol. The minimum atomic E-state index is 0.294. The van der Waals surface area contributed by atoms with Gasteiger partial charge < -0.3 is 14.8 Å². The molecule has 18 heavy (non-hydrogen) atoms. The van der Waals surface area contributed by atoms with E-state index in [0.717, 1.165) is 36.4 Å². The van der Waals surface area contributed by atoms with Gasteiger partial charge in [-0.2, -0.15) is 0 Å². The Hall–Kier alpha value is -0.580. The molecule has 0 amide bonds. The number of rotatable bonds is 5. The van der Waals surface area contributed by atoms with Gasteiger partial charge in [-0.15, -0.1) is 0 Å². The number of hydrogen-bond donors (Lipinski definition) is 1. The van der Waals surface area contributed by atoms with Crippen LogP contribution in [0.15, 0.2) is 22.7 Å². The Labute approximate surface area is 117 Å². The molecule has 0 fully saturated rings. The topological polar surface area (TPSA) is 30.5 Å². The van der Waals surface area contributed by atoms with Crippen LogP contribution in [-0.4, -0.2) is 25.9 Å². The lowest BCUT2D eigenvalue weighted by atomic mass is 10.0. The summed E-state index contributed by atoms with van der Waals surface area (Å²) in [6, 6.07) is 6.54. The molecule has 0 saturated heterocycles. The molecule has 0 aromatic heterocycles. The molecule has 1 unspecified atom stereocenters. The van der Waals surface area contributed by atoms with Gasteiger partial charge in [-0.1, -0.05) is 15.9 Å². The molecule has 1 heterocycles. The van der Waals surface area contributed by atoms with Crippen molar-refractivity contribution >= 4 is 15.9 Å². The summed E-state index contributed by atoms with van der Waals surface area (Å²) in [7, 11) is 0. The lowest BCUT2D eigenvalue weighted by Crippen LogP contribution is -2.30. The van der Waals surface area contributed by atoms with E-state index in [0.29, 0.717) is 12.1 Å². The zero-order valence-electron chi connectivity index (χ0n) is 10.9. The predicted octanol–water partition coefficient (Wildman–Crippen LogP) is 3.29. The van der Waals surface area contributed by atoms with Gasteiger partial charge in [0, 0.05) is 29.0 Å². The molecule has 0 bridgehead atoms. The van der Waals surface area contributed by atoms with Crippen LogP contribution in [0.25, 0.3) is 0 Å². The van der Waals surface area contributed by atoms with Crippen molar-refractivity contribution in [1.29, 1.82) is 0 Å². The zero-order chi connectivity index (χ0) is 13.0. The van der Waals surface area contributed by atoms with E-state index in [1.165, 1.54) is 5.56 Å². The van der Waals surface area contributed by atoms with Crippen LogP contribution < -0.4 is 10.1 Å². The van der Waals surface area contributed by atoms with Crippen LogP contribution in [0.2, 0.25) is 0 Å². The highest BCUT2D eigenvalue weighted by atomic mass is 79.9. The average Bonchev–Trinajstić information content (AvgIpc) is 2.34. The molecule has 0 spiro atoms. The van der Waals surface area contributed by atoms with E-state index in [9.17, 15) is 0 Å². The first-order chi connectivity index (χ1) is 8.66. The van der Waals surface area contributed by atoms with E-state index in [4.69, 9.17) is 9.47 Å². The fourth-order valence-corrected chi connectivity index (χ4v) is 2.48. The van der Waals surface area contributed by atoms with Gasteiger partial charge in [-0.3, -0.25) is 0 Å². The van der Waals surface area contributed by atoms with Crippen molar-refractivity contribution in [2.45, 2.75) is 32.4 Å². The van der Waals surface area contributed by atoms with E-state index in [2.05, 4.69) is 41.2 Å². The predicted molar refractivity (Wildman–Crippen MR) is 76.1 cm³/mol. The van der Waals surface area contributed by atoms with Crippen molar-refractivity contribution in [1.82, 2.24) is 5.32 Å². The third-order valence-electron chi connectivity index (χ3n) is 2.96. The van der Waals surface area contributed by atoms with Gasteiger partial charge in [0.15, 0.2) is 0 Å². The summed E-state index contributed by atoms with van der Waals surface area (Å²) in [6.07, 6.45) is 1.30. The lowest BCUT2D eigenvalue weighted by Gasteiger charge is -2.27. The van der Waals surface area contributed by atoms with Crippen LogP contribution >= 0.6 is 15.9 Å². The Morgan fingerprint density at radius 1 is 1.50 bits per heavy atom. The van der Waals surface area contributed by atoms with Crippen molar-refractivity contribution in [2.24, 2.45) is 0 Å². The molecule has 4 heteroatoms. The van der Waals surface area contributed by atoms with E-state index < -0.39 is 0 Å². The Balaban J connectivity index is 1.93. The second kappa shape index (κ2) is 6.55. The maximum absolute atomic E-state index is 5.66. The summed E-state index contributed by atoms with van der Waals surface area (Å²) in [4.78, 5) is 0. The molecular formula is C14H20BrNO2. The molecule has 1 aliphatic heterocycles. The number of benzene rings is 1. The van der Waals surface area contributed by atoms with Gasteiger partial charge in [-0.05, 0) is 32.0 Å². The highest BCUT2D eigenvalue weighted by Crippen LogP contribution is 2.33. The molecule has 2 rings (SSSR count). The summed E-state index contributed by atoms with van der Waals surface area (Å²) >= 11 is 3.51. The molecule has 100 valence electrons. The first-order valence-electron chi connectivity index (χ1n) is 6.44. The van der Waals surface area contributed by atoms with Crippen molar-refractivity contribution in [3.05, 3.63) is 28.2 Å². The molecule has 1 aromatic carbocycles. The maximum atomic E-state index is 5.66. The quantitative estimate of drug-likeness (QED) is 0.846. The summed E-state index contributed by atoms with van der Waals surface area (Å²) in [6.45, 7) is 6.51. The van der Waals surface area contributed by atoms with Gasteiger partial charge in [0.2, 0.25) is 0 Å². The normalized spacial score (nSPS) is 18.6. The number of hydrogen-bond acceptors (Lipinski definition) is 3. The molecule has 1 aliphatic rings. The van der Waals surface area contributed by atoms with E-state index >= 15 is 0 Å². The Morgan fingerprint density at radius 3 is 3.11 bits per heavy atom. The fraction of sp³-hybridized carbons (Fsp3) is 0.571. The Kier molecular flexibility index (Phi) is 5.03. The second-order valence-electron chi connectivity index (χ2n) is 4.75. The van der Waals surface area contributed by atoms with Crippen molar-refractivity contribution < 1.29 is 9.47 Å². The first-order valence-corrected chi connectivity index (χ1v) is 7.23. The van der Waals surface area contributed by atoms with Gasteiger partial charge in [0.1, 0.15) is 5.75 Å². The summed E-state index contributed by atoms with van der Waals surface area (Å²) in [5.74, 6) is 0.992. The van der Waals surface area contributed by atoms with Crippen LogP contribution in [0.4, 0.5) is 0 Å². The number of halogens is 1. The third-order valence-corrected chi connectivity index (χ3v) is 3.45. The first kappa shape index (κ1) is 13.8. The van der Waals surface area contributed by atoms with Gasteiger partial charge in [0.25, 0.3) is 0 Å². The van der Waals surface area contributed by atoms with Crippen molar-refractivity contribution in [3.63, 3.8) is 0 Å². The molecule has 0 saturated carbocycles. The number of ether oxygens (including phenoxy) is 2. The van der Waals surface area contributed by atoms with Crippen molar-refractivity contribution in [3.8, 4) is 5.75 Å². The van der Waals surface area contributed by atoms with Crippen LogP contribution in [0.3, 0.4) is 0 Å². The zero-order valence-corrected chi connectivity index (χ0v) is 12.5. The fourth-order valence-electron chi connectivity index (χ4n) is 2.11. The summed E-state index contributed by atoms with van der Waals surface area (Å²) in [5, 5.41) is 3.53. The summed E-state index contributed by atoms with van der Waals surface area (Å²) in [5.41, 5.74) is 1.24. The van der Waals surface area contributed by atoms with E-state index in [1.54, 1.807) is 0 Å². The van der Waals surface area contributed by atoms with Crippen LogP contribution in [0.1, 0.15) is 31.9 Å². The molecule has 1 N–H and O–H groups in total. The molecule has 0 radical (unpaired) electrons. The summed E-state index contributed by atoms with van der Waals surface area (Å²) < 4.78 is 12.3. The Morgan fingerprint density at radius 2 is 2.33 bits per heavy atom. The molecule has 1 aromatic rings. The van der Waals surface area contributed by atoms with Gasteiger partial charge in [0.05, 0.1) is 19.3 Å². The minimum Gasteiger partial charge on any atom is -0.493 e. The SMILES string of the molecule is CC(C)OCCNC1CCOc2ccc(Br)cc21. The largest absolute Gasteiger partial charge is 0.493 e. The highest BCUT2D eigenvalue weighted by Gasteiger charge is 2.20. The van der Waals surface area contributed by atoms with Crippen LogP contribution in [0.5, 0.6) is 5.75 Å². The Bertz CT molecular complexity index is 395. The number of fused-ring (bicyclic) bond motifs is 1. The lowest BCUT2D eigenvalue weighted by molar-refractivity contribution is 0.0782. The third kappa shape index (κ3) is 3.70. The monoisotopic (exact) mass is 313 g/mol.